The van der Waals surface area contributed by atoms with Crippen molar-refractivity contribution >= 4 is 33.2 Å². The normalized spacial score (nSPS) is 20.8. The minimum absolute atomic E-state index is 0.00419. The molecule has 0 aromatic heterocycles. The van der Waals surface area contributed by atoms with Crippen molar-refractivity contribution in [3.63, 3.8) is 0 Å². The van der Waals surface area contributed by atoms with Crippen LogP contribution in [0.2, 0.25) is 5.02 Å². The first-order chi connectivity index (χ1) is 9.54. The van der Waals surface area contributed by atoms with E-state index in [4.69, 9.17) is 16.3 Å². The Hall–Kier alpha value is -1.19. The number of hydrogen-bond donors (Lipinski definition) is 1. The summed E-state index contributed by atoms with van der Waals surface area (Å²) >= 11 is 9.56. The predicted molar refractivity (Wildman–Crippen MR) is 86.8 cm³/mol. The zero-order valence-corrected chi connectivity index (χ0v) is 13.6. The largest absolute Gasteiger partial charge is 0.481 e. The molecular weight excluding hydrogens is 338 g/mol. The van der Waals surface area contributed by atoms with Gasteiger partial charge in [-0.25, -0.2) is 0 Å². The molecule has 0 amide bonds. The highest BCUT2D eigenvalue weighted by Gasteiger charge is 2.28. The molecule has 0 saturated carbocycles. The smallest absolute Gasteiger partial charge is 0.146 e. The zero-order chi connectivity index (χ0) is 14.3. The lowest BCUT2D eigenvalue weighted by atomic mass is 10.0. The fourth-order valence-corrected chi connectivity index (χ4v) is 3.09. The molecule has 0 aliphatic carbocycles. The van der Waals surface area contributed by atoms with Gasteiger partial charge < -0.3 is 10.1 Å². The van der Waals surface area contributed by atoms with Crippen LogP contribution in [0.5, 0.6) is 5.75 Å². The summed E-state index contributed by atoms with van der Waals surface area (Å²) in [5.74, 6) is 0.889. The Bertz CT molecular complexity index is 642. The van der Waals surface area contributed by atoms with E-state index in [0.717, 1.165) is 32.1 Å². The van der Waals surface area contributed by atoms with Crippen molar-refractivity contribution in [2.24, 2.45) is 0 Å². The number of ether oxygens (including phenoxy) is 1. The number of benzene rings is 2. The molecule has 0 spiro atoms. The quantitative estimate of drug-likeness (QED) is 0.747. The number of aryl methyl sites for hydroxylation is 1. The van der Waals surface area contributed by atoms with Crippen molar-refractivity contribution in [2.75, 3.05) is 5.32 Å². The van der Waals surface area contributed by atoms with Crippen LogP contribution in [-0.2, 0) is 0 Å². The Balaban J connectivity index is 1.98. The van der Waals surface area contributed by atoms with E-state index in [1.54, 1.807) is 0 Å². The summed E-state index contributed by atoms with van der Waals surface area (Å²) in [6.07, 6.45) is -0.00419. The third kappa shape index (κ3) is 2.52. The summed E-state index contributed by atoms with van der Waals surface area (Å²) < 4.78 is 7.29. The van der Waals surface area contributed by atoms with Crippen LogP contribution in [-0.4, -0.2) is 6.04 Å². The molecule has 104 valence electrons. The van der Waals surface area contributed by atoms with Crippen molar-refractivity contribution in [1.82, 2.24) is 0 Å². The Kier molecular flexibility index (Phi) is 3.65. The molecule has 4 heteroatoms. The van der Waals surface area contributed by atoms with Gasteiger partial charge in [0, 0.05) is 9.50 Å². The molecule has 2 atom stereocenters. The molecule has 0 bridgehead atoms. The second-order valence-electron chi connectivity index (χ2n) is 5.12. The van der Waals surface area contributed by atoms with Crippen LogP contribution < -0.4 is 10.1 Å². The molecule has 3 rings (SSSR count). The summed E-state index contributed by atoms with van der Waals surface area (Å²) in [4.78, 5) is 0. The van der Waals surface area contributed by atoms with Crippen molar-refractivity contribution in [3.05, 3.63) is 57.0 Å². The van der Waals surface area contributed by atoms with Crippen LogP contribution in [0, 0.1) is 6.92 Å². The zero-order valence-electron chi connectivity index (χ0n) is 11.3. The Morgan fingerprint density at radius 1 is 1.20 bits per heavy atom. The minimum Gasteiger partial charge on any atom is -0.481 e. The van der Waals surface area contributed by atoms with E-state index in [9.17, 15) is 0 Å². The second-order valence-corrected chi connectivity index (χ2v) is 6.47. The van der Waals surface area contributed by atoms with E-state index in [1.165, 1.54) is 0 Å². The van der Waals surface area contributed by atoms with Crippen LogP contribution in [0.1, 0.15) is 24.2 Å². The fourth-order valence-electron chi connectivity index (χ4n) is 2.55. The van der Waals surface area contributed by atoms with Crippen molar-refractivity contribution in [2.45, 2.75) is 26.0 Å². The molecule has 1 aliphatic heterocycles. The summed E-state index contributed by atoms with van der Waals surface area (Å²) in [6.45, 7) is 4.13. The van der Waals surface area contributed by atoms with Gasteiger partial charge in [0.2, 0.25) is 0 Å². The van der Waals surface area contributed by atoms with Gasteiger partial charge in [0.25, 0.3) is 0 Å². The summed E-state index contributed by atoms with van der Waals surface area (Å²) in [7, 11) is 0. The fraction of sp³-hybridized carbons (Fsp3) is 0.250. The molecule has 1 N–H and O–H groups in total. The first kappa shape index (κ1) is 13.8. The maximum Gasteiger partial charge on any atom is 0.146 e. The molecule has 1 heterocycles. The second kappa shape index (κ2) is 5.30. The standard InChI is InChI=1S/C16H15BrClNO/c1-9-7-13(18)8-14-15(9)20-16(10(2)19-14)11-3-5-12(17)6-4-11/h3-8,10,16,19H,1-2H3. The van der Waals surface area contributed by atoms with E-state index in [-0.39, 0.29) is 12.1 Å². The lowest BCUT2D eigenvalue weighted by molar-refractivity contribution is 0.176. The molecule has 2 aromatic carbocycles. The molecule has 2 aromatic rings. The Morgan fingerprint density at radius 2 is 1.90 bits per heavy atom. The monoisotopic (exact) mass is 351 g/mol. The molecule has 0 fully saturated rings. The number of nitrogens with one attached hydrogen (secondary N) is 1. The highest BCUT2D eigenvalue weighted by Crippen LogP contribution is 2.41. The summed E-state index contributed by atoms with van der Waals surface area (Å²) in [5, 5.41) is 4.21. The van der Waals surface area contributed by atoms with Crippen molar-refractivity contribution in [1.29, 1.82) is 0 Å². The molecule has 20 heavy (non-hydrogen) atoms. The molecule has 0 saturated heterocycles. The van der Waals surface area contributed by atoms with Crippen molar-refractivity contribution in [3.8, 4) is 5.75 Å². The van der Waals surface area contributed by atoms with Crippen LogP contribution in [0.15, 0.2) is 40.9 Å². The number of rotatable bonds is 1. The van der Waals surface area contributed by atoms with Gasteiger partial charge in [-0.05, 0) is 49.2 Å². The Morgan fingerprint density at radius 3 is 2.60 bits per heavy atom. The van der Waals surface area contributed by atoms with Crippen molar-refractivity contribution < 1.29 is 4.74 Å². The van der Waals surface area contributed by atoms with Gasteiger partial charge in [0.1, 0.15) is 11.9 Å². The highest BCUT2D eigenvalue weighted by molar-refractivity contribution is 9.10. The SMILES string of the molecule is Cc1cc(Cl)cc2c1OC(c1ccc(Br)cc1)C(C)N2. The number of halogens is 2. The van der Waals surface area contributed by atoms with E-state index < -0.39 is 0 Å². The third-order valence-corrected chi connectivity index (χ3v) is 4.27. The van der Waals surface area contributed by atoms with Gasteiger partial charge in [-0.15, -0.1) is 0 Å². The van der Waals surface area contributed by atoms with Crippen LogP contribution in [0.25, 0.3) is 0 Å². The van der Waals surface area contributed by atoms with Gasteiger partial charge in [0.15, 0.2) is 0 Å². The summed E-state index contributed by atoms with van der Waals surface area (Å²) in [6, 6.07) is 12.3. The third-order valence-electron chi connectivity index (χ3n) is 3.52. The summed E-state index contributed by atoms with van der Waals surface area (Å²) in [5.41, 5.74) is 3.18. The topological polar surface area (TPSA) is 21.3 Å². The first-order valence-corrected chi connectivity index (χ1v) is 7.70. The molecule has 2 nitrogen and oxygen atoms in total. The minimum atomic E-state index is -0.00419. The maximum atomic E-state index is 6.22. The highest BCUT2D eigenvalue weighted by atomic mass is 79.9. The number of fused-ring (bicyclic) bond motifs is 1. The molecule has 0 radical (unpaired) electrons. The van der Waals surface area contributed by atoms with E-state index in [1.807, 2.05) is 31.2 Å². The van der Waals surface area contributed by atoms with Gasteiger partial charge >= 0.3 is 0 Å². The molecule has 2 unspecified atom stereocenters. The lowest BCUT2D eigenvalue weighted by Gasteiger charge is -2.34. The van der Waals surface area contributed by atoms with Crippen LogP contribution in [0.4, 0.5) is 5.69 Å². The average molecular weight is 353 g/mol. The van der Waals surface area contributed by atoms with Gasteiger partial charge in [-0.1, -0.05) is 39.7 Å². The molecule has 1 aliphatic rings. The number of anilines is 1. The van der Waals surface area contributed by atoms with E-state index >= 15 is 0 Å². The van der Waals surface area contributed by atoms with Gasteiger partial charge in [-0.3, -0.25) is 0 Å². The molecular formula is C16H15BrClNO. The van der Waals surface area contributed by atoms with Crippen LogP contribution in [0.3, 0.4) is 0 Å². The number of hydrogen-bond acceptors (Lipinski definition) is 2. The average Bonchev–Trinajstić information content (AvgIpc) is 2.39. The van der Waals surface area contributed by atoms with Crippen LogP contribution >= 0.6 is 27.5 Å². The lowest BCUT2D eigenvalue weighted by Crippen LogP contribution is -2.32. The van der Waals surface area contributed by atoms with E-state index in [2.05, 4.69) is 40.3 Å². The van der Waals surface area contributed by atoms with Gasteiger partial charge in [0.05, 0.1) is 11.7 Å². The first-order valence-electron chi connectivity index (χ1n) is 6.53. The maximum absolute atomic E-state index is 6.22. The predicted octanol–water partition coefficient (Wildman–Crippen LogP) is 5.35. The Labute approximate surface area is 132 Å². The van der Waals surface area contributed by atoms with E-state index in [0.29, 0.717) is 0 Å². The van der Waals surface area contributed by atoms with Gasteiger partial charge in [-0.2, -0.15) is 0 Å².